The van der Waals surface area contributed by atoms with E-state index >= 15 is 0 Å². The van der Waals surface area contributed by atoms with Crippen molar-refractivity contribution >= 4 is 21.8 Å². The summed E-state index contributed by atoms with van der Waals surface area (Å²) >= 11 is 3.24. The summed E-state index contributed by atoms with van der Waals surface area (Å²) in [5.74, 6) is 0.188. The second kappa shape index (κ2) is 7.93. The predicted molar refractivity (Wildman–Crippen MR) is 95.5 cm³/mol. The second-order valence-corrected chi connectivity index (χ2v) is 6.17. The van der Waals surface area contributed by atoms with E-state index in [4.69, 9.17) is 4.42 Å². The molecule has 0 radical (unpaired) electrons. The number of carbonyl (C=O) groups is 1. The van der Waals surface area contributed by atoms with Crippen LogP contribution in [-0.4, -0.2) is 22.3 Å². The molecule has 0 spiro atoms. The van der Waals surface area contributed by atoms with Crippen LogP contribution in [0, 0.1) is 0 Å². The van der Waals surface area contributed by atoms with Crippen molar-refractivity contribution < 1.29 is 9.21 Å². The lowest BCUT2D eigenvalue weighted by molar-refractivity contribution is 0.0709. The van der Waals surface area contributed by atoms with Crippen molar-refractivity contribution in [2.45, 2.75) is 13.0 Å². The molecular weight excluding hydrogens is 368 g/mol. The van der Waals surface area contributed by atoms with Crippen LogP contribution < -0.4 is 0 Å². The molecule has 0 N–H and O–H groups in total. The van der Waals surface area contributed by atoms with Gasteiger partial charge in [-0.3, -0.25) is 9.78 Å². The third-order valence-corrected chi connectivity index (χ3v) is 4.09. The highest BCUT2D eigenvalue weighted by molar-refractivity contribution is 9.10. The molecule has 0 saturated carbocycles. The van der Waals surface area contributed by atoms with Gasteiger partial charge in [0.15, 0.2) is 10.4 Å². The Kier molecular flexibility index (Phi) is 5.43. The summed E-state index contributed by atoms with van der Waals surface area (Å²) in [6, 6.07) is 19.2. The number of rotatable bonds is 6. The van der Waals surface area contributed by atoms with Gasteiger partial charge in [0, 0.05) is 12.7 Å². The zero-order valence-corrected chi connectivity index (χ0v) is 14.6. The average Bonchev–Trinajstić information content (AvgIpc) is 3.06. The molecule has 3 aromatic rings. The molecule has 24 heavy (non-hydrogen) atoms. The number of furan rings is 1. The SMILES string of the molecule is O=C(c1ccc(Br)o1)N(CCc1ccccc1)Cc1ccccn1. The lowest BCUT2D eigenvalue weighted by Crippen LogP contribution is -2.32. The summed E-state index contributed by atoms with van der Waals surface area (Å²) in [7, 11) is 0. The summed E-state index contributed by atoms with van der Waals surface area (Å²) in [6.07, 6.45) is 2.51. The van der Waals surface area contributed by atoms with Crippen LogP contribution in [0.2, 0.25) is 0 Å². The van der Waals surface area contributed by atoms with Gasteiger partial charge in [-0.05, 0) is 52.2 Å². The molecule has 5 heteroatoms. The molecule has 0 bridgehead atoms. The molecule has 2 aromatic heterocycles. The molecule has 2 heterocycles. The first-order valence-corrected chi connectivity index (χ1v) is 8.50. The van der Waals surface area contributed by atoms with E-state index in [1.54, 1.807) is 23.2 Å². The summed E-state index contributed by atoms with van der Waals surface area (Å²) < 4.78 is 5.97. The van der Waals surface area contributed by atoms with E-state index in [0.29, 0.717) is 23.5 Å². The van der Waals surface area contributed by atoms with E-state index in [-0.39, 0.29) is 5.91 Å². The van der Waals surface area contributed by atoms with Crippen LogP contribution in [0.25, 0.3) is 0 Å². The van der Waals surface area contributed by atoms with Crippen LogP contribution >= 0.6 is 15.9 Å². The van der Waals surface area contributed by atoms with Crippen LogP contribution in [0.5, 0.6) is 0 Å². The maximum absolute atomic E-state index is 12.8. The summed E-state index contributed by atoms with van der Waals surface area (Å²) in [4.78, 5) is 18.9. The highest BCUT2D eigenvalue weighted by Gasteiger charge is 2.19. The van der Waals surface area contributed by atoms with Gasteiger partial charge in [0.05, 0.1) is 12.2 Å². The van der Waals surface area contributed by atoms with Crippen molar-refractivity contribution in [1.82, 2.24) is 9.88 Å². The number of hydrogen-bond donors (Lipinski definition) is 0. The molecule has 0 atom stereocenters. The molecule has 1 amide bonds. The van der Waals surface area contributed by atoms with Crippen molar-refractivity contribution in [1.29, 1.82) is 0 Å². The van der Waals surface area contributed by atoms with Crippen LogP contribution in [0.3, 0.4) is 0 Å². The number of pyridine rings is 1. The summed E-state index contributed by atoms with van der Waals surface area (Å²) in [5, 5.41) is 0. The number of halogens is 1. The minimum absolute atomic E-state index is 0.137. The molecule has 0 saturated heterocycles. The van der Waals surface area contributed by atoms with Crippen molar-refractivity contribution in [3.63, 3.8) is 0 Å². The quantitative estimate of drug-likeness (QED) is 0.635. The van der Waals surface area contributed by atoms with E-state index in [0.717, 1.165) is 12.1 Å². The van der Waals surface area contributed by atoms with Crippen LogP contribution in [-0.2, 0) is 13.0 Å². The predicted octanol–water partition coefficient (Wildman–Crippen LogP) is 4.32. The Morgan fingerprint density at radius 2 is 1.83 bits per heavy atom. The zero-order chi connectivity index (χ0) is 16.8. The van der Waals surface area contributed by atoms with Crippen molar-refractivity contribution in [2.75, 3.05) is 6.54 Å². The monoisotopic (exact) mass is 384 g/mol. The maximum Gasteiger partial charge on any atom is 0.289 e. The van der Waals surface area contributed by atoms with Crippen molar-refractivity contribution in [3.05, 3.63) is 88.5 Å². The minimum atomic E-state index is -0.137. The Morgan fingerprint density at radius 1 is 1.04 bits per heavy atom. The van der Waals surface area contributed by atoms with Crippen LogP contribution in [0.1, 0.15) is 21.8 Å². The van der Waals surface area contributed by atoms with Gasteiger partial charge < -0.3 is 9.32 Å². The highest BCUT2D eigenvalue weighted by Crippen LogP contribution is 2.17. The van der Waals surface area contributed by atoms with Gasteiger partial charge in [0.25, 0.3) is 5.91 Å². The molecule has 3 rings (SSSR count). The Bertz CT molecular complexity index is 787. The second-order valence-electron chi connectivity index (χ2n) is 5.39. The Morgan fingerprint density at radius 3 is 2.50 bits per heavy atom. The Balaban J connectivity index is 1.76. The van der Waals surface area contributed by atoms with Gasteiger partial charge in [0.1, 0.15) is 0 Å². The zero-order valence-electron chi connectivity index (χ0n) is 13.1. The molecule has 4 nitrogen and oxygen atoms in total. The number of aromatic nitrogens is 1. The van der Waals surface area contributed by atoms with Crippen molar-refractivity contribution in [3.8, 4) is 0 Å². The van der Waals surface area contributed by atoms with Gasteiger partial charge in [0.2, 0.25) is 0 Å². The number of carbonyl (C=O) groups excluding carboxylic acids is 1. The number of amides is 1. The first-order valence-electron chi connectivity index (χ1n) is 7.71. The van der Waals surface area contributed by atoms with E-state index in [1.807, 2.05) is 36.4 Å². The fourth-order valence-corrected chi connectivity index (χ4v) is 2.74. The molecule has 0 aliphatic carbocycles. The standard InChI is InChI=1S/C19H17BrN2O2/c20-18-10-9-17(24-18)19(23)22(14-16-8-4-5-12-21-16)13-11-15-6-2-1-3-7-15/h1-10,12H,11,13-14H2. The van der Waals surface area contributed by atoms with Crippen molar-refractivity contribution in [2.24, 2.45) is 0 Å². The van der Waals surface area contributed by atoms with E-state index in [1.165, 1.54) is 5.56 Å². The number of nitrogens with zero attached hydrogens (tertiary/aromatic N) is 2. The lowest BCUT2D eigenvalue weighted by atomic mass is 10.1. The number of benzene rings is 1. The van der Waals surface area contributed by atoms with Gasteiger partial charge in [-0.2, -0.15) is 0 Å². The molecule has 0 aliphatic rings. The van der Waals surface area contributed by atoms with Crippen LogP contribution in [0.4, 0.5) is 0 Å². The van der Waals surface area contributed by atoms with Gasteiger partial charge in [-0.15, -0.1) is 0 Å². The third-order valence-electron chi connectivity index (χ3n) is 3.66. The molecule has 122 valence electrons. The minimum Gasteiger partial charge on any atom is -0.444 e. The third kappa shape index (κ3) is 4.32. The fraction of sp³-hybridized carbons (Fsp3) is 0.158. The van der Waals surface area contributed by atoms with Crippen LogP contribution in [0.15, 0.2) is 75.9 Å². The normalized spacial score (nSPS) is 10.5. The topological polar surface area (TPSA) is 46.3 Å². The molecule has 0 fully saturated rings. The highest BCUT2D eigenvalue weighted by atomic mass is 79.9. The van der Waals surface area contributed by atoms with Gasteiger partial charge in [-0.25, -0.2) is 0 Å². The maximum atomic E-state index is 12.8. The summed E-state index contributed by atoms with van der Waals surface area (Å²) in [6.45, 7) is 1.04. The molecule has 0 unspecified atom stereocenters. The van der Waals surface area contributed by atoms with Gasteiger partial charge >= 0.3 is 0 Å². The molecular formula is C19H17BrN2O2. The van der Waals surface area contributed by atoms with E-state index in [9.17, 15) is 4.79 Å². The Hall–Kier alpha value is -2.40. The smallest absolute Gasteiger partial charge is 0.289 e. The fourth-order valence-electron chi connectivity index (χ4n) is 2.43. The molecule has 1 aromatic carbocycles. The summed E-state index contributed by atoms with van der Waals surface area (Å²) in [5.41, 5.74) is 2.04. The van der Waals surface area contributed by atoms with E-state index < -0.39 is 0 Å². The average molecular weight is 385 g/mol. The lowest BCUT2D eigenvalue weighted by Gasteiger charge is -2.21. The molecule has 0 aliphatic heterocycles. The number of hydrogen-bond acceptors (Lipinski definition) is 3. The Labute approximate surface area is 149 Å². The first kappa shape index (κ1) is 16.5. The largest absolute Gasteiger partial charge is 0.444 e. The van der Waals surface area contributed by atoms with Gasteiger partial charge in [-0.1, -0.05) is 36.4 Å². The van der Waals surface area contributed by atoms with E-state index in [2.05, 4.69) is 33.0 Å². The first-order chi connectivity index (χ1) is 11.7.